The molecule has 1 saturated heterocycles. The number of aryl methyl sites for hydroxylation is 1. The summed E-state index contributed by atoms with van der Waals surface area (Å²) in [5.74, 6) is 2.77. The molecule has 0 bridgehead atoms. The number of aromatic nitrogens is 3. The van der Waals surface area contributed by atoms with Crippen LogP contribution in [0, 0.1) is 12.8 Å². The van der Waals surface area contributed by atoms with Crippen LogP contribution in [-0.2, 0) is 0 Å². The van der Waals surface area contributed by atoms with Crippen molar-refractivity contribution in [2.45, 2.75) is 52.5 Å². The first-order chi connectivity index (χ1) is 14.5. The topological polar surface area (TPSA) is 86.3 Å². The molecule has 8 nitrogen and oxygen atoms in total. The van der Waals surface area contributed by atoms with Gasteiger partial charge in [0, 0.05) is 37.4 Å². The lowest BCUT2D eigenvalue weighted by Crippen LogP contribution is -2.44. The molecule has 2 aromatic rings. The Morgan fingerprint density at radius 3 is 2.87 bits per heavy atom. The molecule has 0 aliphatic carbocycles. The van der Waals surface area contributed by atoms with Crippen LogP contribution < -0.4 is 20.4 Å². The van der Waals surface area contributed by atoms with Gasteiger partial charge in [-0.3, -0.25) is 10.2 Å². The van der Waals surface area contributed by atoms with Crippen molar-refractivity contribution in [3.8, 4) is 0 Å². The number of hydrogen-bond donors (Lipinski definition) is 2. The first-order valence-corrected chi connectivity index (χ1v) is 10.9. The second-order valence-electron chi connectivity index (χ2n) is 8.50. The summed E-state index contributed by atoms with van der Waals surface area (Å²) < 4.78 is 0. The molecule has 2 N–H and O–H groups in total. The lowest BCUT2D eigenvalue weighted by Gasteiger charge is -2.35. The zero-order chi connectivity index (χ0) is 21.1. The Morgan fingerprint density at radius 1 is 1.20 bits per heavy atom. The minimum atomic E-state index is -0.220. The number of amides is 2. The van der Waals surface area contributed by atoms with E-state index in [0.717, 1.165) is 49.7 Å². The number of urea groups is 1. The van der Waals surface area contributed by atoms with Crippen LogP contribution in [0.5, 0.6) is 0 Å². The molecular formula is C22H31N7O. The van der Waals surface area contributed by atoms with Crippen molar-refractivity contribution in [2.24, 2.45) is 5.92 Å². The number of hydrogen-bond acceptors (Lipinski definition) is 6. The minimum absolute atomic E-state index is 0.0248. The van der Waals surface area contributed by atoms with Gasteiger partial charge in [0.1, 0.15) is 18.0 Å². The molecule has 160 valence electrons. The molecule has 4 rings (SSSR count). The Bertz CT molecular complexity index is 903. The highest BCUT2D eigenvalue weighted by Gasteiger charge is 2.29. The molecule has 0 saturated carbocycles. The average Bonchev–Trinajstić information content (AvgIpc) is 2.70. The maximum atomic E-state index is 13.3. The number of rotatable bonds is 2. The van der Waals surface area contributed by atoms with E-state index < -0.39 is 0 Å². The van der Waals surface area contributed by atoms with Gasteiger partial charge in [-0.15, -0.1) is 0 Å². The second kappa shape index (κ2) is 8.85. The van der Waals surface area contributed by atoms with E-state index >= 15 is 0 Å². The van der Waals surface area contributed by atoms with Crippen molar-refractivity contribution in [3.63, 3.8) is 0 Å². The van der Waals surface area contributed by atoms with Gasteiger partial charge < -0.3 is 10.2 Å². The number of nitrogens with one attached hydrogen (secondary N) is 2. The van der Waals surface area contributed by atoms with E-state index in [1.807, 2.05) is 6.92 Å². The number of piperidine rings is 1. The third kappa shape index (κ3) is 4.47. The van der Waals surface area contributed by atoms with Gasteiger partial charge in [-0.25, -0.2) is 19.7 Å². The summed E-state index contributed by atoms with van der Waals surface area (Å²) in [4.78, 5) is 30.7. The van der Waals surface area contributed by atoms with Gasteiger partial charge in [0.2, 0.25) is 0 Å². The smallest absolute Gasteiger partial charge is 0.328 e. The van der Waals surface area contributed by atoms with Crippen LogP contribution in [0.15, 0.2) is 24.5 Å². The number of carbonyl (C=O) groups excluding carboxylic acids is 1. The summed E-state index contributed by atoms with van der Waals surface area (Å²) in [5, 5.41) is 6.39. The predicted octanol–water partition coefficient (Wildman–Crippen LogP) is 4.05. The number of anilines is 4. The maximum absolute atomic E-state index is 13.3. The average molecular weight is 410 g/mol. The SMILES string of the molecule is Cc1cc(NC(=O)N2c3nc(N4CCCC(C)C4)ccc3NCCC[C@H]2C)ncn1. The first-order valence-electron chi connectivity index (χ1n) is 10.9. The molecule has 4 heterocycles. The number of carbonyl (C=O) groups is 1. The number of fused-ring (bicyclic) bond motifs is 1. The highest BCUT2D eigenvalue weighted by Crippen LogP contribution is 2.33. The van der Waals surface area contributed by atoms with E-state index in [-0.39, 0.29) is 12.1 Å². The van der Waals surface area contributed by atoms with Crippen LogP contribution >= 0.6 is 0 Å². The number of pyridine rings is 1. The normalized spacial score (nSPS) is 21.8. The van der Waals surface area contributed by atoms with Crippen LogP contribution in [0.25, 0.3) is 0 Å². The van der Waals surface area contributed by atoms with Crippen molar-refractivity contribution in [3.05, 3.63) is 30.2 Å². The largest absolute Gasteiger partial charge is 0.382 e. The third-order valence-electron chi connectivity index (χ3n) is 5.88. The molecule has 0 spiro atoms. The Labute approximate surface area is 178 Å². The van der Waals surface area contributed by atoms with Gasteiger partial charge in [-0.05, 0) is 57.6 Å². The fraction of sp³-hybridized carbons (Fsp3) is 0.545. The summed E-state index contributed by atoms with van der Waals surface area (Å²) >= 11 is 0. The van der Waals surface area contributed by atoms with E-state index in [2.05, 4.69) is 51.5 Å². The van der Waals surface area contributed by atoms with E-state index in [1.165, 1.54) is 19.2 Å². The summed E-state index contributed by atoms with van der Waals surface area (Å²) in [5.41, 5.74) is 1.70. The van der Waals surface area contributed by atoms with Crippen LogP contribution in [0.3, 0.4) is 0 Å². The van der Waals surface area contributed by atoms with Gasteiger partial charge in [0.05, 0.1) is 5.69 Å². The summed E-state index contributed by atoms with van der Waals surface area (Å²) in [6, 6.07) is 5.70. The highest BCUT2D eigenvalue weighted by atomic mass is 16.2. The van der Waals surface area contributed by atoms with Gasteiger partial charge in [-0.1, -0.05) is 6.92 Å². The van der Waals surface area contributed by atoms with Gasteiger partial charge in [-0.2, -0.15) is 0 Å². The lowest BCUT2D eigenvalue weighted by atomic mass is 10.0. The van der Waals surface area contributed by atoms with E-state index in [9.17, 15) is 4.79 Å². The van der Waals surface area contributed by atoms with Gasteiger partial charge >= 0.3 is 6.03 Å². The first kappa shape index (κ1) is 20.4. The van der Waals surface area contributed by atoms with E-state index in [1.54, 1.807) is 11.0 Å². The van der Waals surface area contributed by atoms with Crippen LogP contribution in [0.1, 0.15) is 45.2 Å². The molecule has 8 heteroatoms. The molecule has 0 radical (unpaired) electrons. The summed E-state index contributed by atoms with van der Waals surface area (Å²) in [7, 11) is 0. The molecule has 1 unspecified atom stereocenters. The fourth-order valence-electron chi connectivity index (χ4n) is 4.28. The monoisotopic (exact) mass is 409 g/mol. The van der Waals surface area contributed by atoms with Crippen LogP contribution in [0.2, 0.25) is 0 Å². The molecule has 0 aromatic carbocycles. The predicted molar refractivity (Wildman–Crippen MR) is 120 cm³/mol. The van der Waals surface area contributed by atoms with Crippen molar-refractivity contribution >= 4 is 29.2 Å². The molecule has 2 aliphatic heterocycles. The Balaban J connectivity index is 1.67. The standard InChI is InChI=1S/C22H31N7O/c1-15-6-5-11-28(13-15)20-9-8-18-21(27-20)29(17(3)7-4-10-23-18)22(30)26-19-12-16(2)24-14-25-19/h8-9,12,14-15,17,23H,4-7,10-11,13H2,1-3H3,(H,24,25,26,30)/t15?,17-/m1/s1. The van der Waals surface area contributed by atoms with E-state index in [0.29, 0.717) is 17.6 Å². The minimum Gasteiger partial charge on any atom is -0.382 e. The number of nitrogens with zero attached hydrogens (tertiary/aromatic N) is 5. The molecule has 2 amide bonds. The van der Waals surface area contributed by atoms with Crippen LogP contribution in [-0.4, -0.2) is 46.7 Å². The van der Waals surface area contributed by atoms with Crippen LogP contribution in [0.4, 0.5) is 27.9 Å². The molecule has 2 aliphatic rings. The zero-order valence-corrected chi connectivity index (χ0v) is 18.1. The van der Waals surface area contributed by atoms with Crippen molar-refractivity contribution in [2.75, 3.05) is 40.1 Å². The van der Waals surface area contributed by atoms with Gasteiger partial charge in [0.25, 0.3) is 0 Å². The highest BCUT2D eigenvalue weighted by molar-refractivity contribution is 6.03. The van der Waals surface area contributed by atoms with Crippen molar-refractivity contribution in [1.29, 1.82) is 0 Å². The Hall–Kier alpha value is -2.90. The Morgan fingerprint density at radius 2 is 2.07 bits per heavy atom. The molecule has 1 fully saturated rings. The molecular weight excluding hydrogens is 378 g/mol. The molecule has 2 atom stereocenters. The maximum Gasteiger partial charge on any atom is 0.328 e. The summed E-state index contributed by atoms with van der Waals surface area (Å²) in [6.07, 6.45) is 5.78. The molecule has 2 aromatic heterocycles. The van der Waals surface area contributed by atoms with Gasteiger partial charge in [0.15, 0.2) is 5.82 Å². The Kier molecular flexibility index (Phi) is 6.01. The van der Waals surface area contributed by atoms with E-state index in [4.69, 9.17) is 4.98 Å². The van der Waals surface area contributed by atoms with Crippen molar-refractivity contribution < 1.29 is 4.79 Å². The lowest BCUT2D eigenvalue weighted by molar-refractivity contribution is 0.254. The van der Waals surface area contributed by atoms with Crippen molar-refractivity contribution in [1.82, 2.24) is 15.0 Å². The quantitative estimate of drug-likeness (QED) is 0.778. The summed E-state index contributed by atoms with van der Waals surface area (Å²) in [6.45, 7) is 9.12. The fourth-order valence-corrected chi connectivity index (χ4v) is 4.28. The molecule has 30 heavy (non-hydrogen) atoms. The second-order valence-corrected chi connectivity index (χ2v) is 8.50. The third-order valence-corrected chi connectivity index (χ3v) is 5.88. The zero-order valence-electron chi connectivity index (χ0n) is 18.1.